The summed E-state index contributed by atoms with van der Waals surface area (Å²) < 4.78 is 16.1. The first-order chi connectivity index (χ1) is 9.03. The van der Waals surface area contributed by atoms with Crippen LogP contribution in [0.3, 0.4) is 0 Å². The van der Waals surface area contributed by atoms with Gasteiger partial charge < -0.3 is 19.1 Å². The smallest absolute Gasteiger partial charge is 0.810 e. The minimum atomic E-state index is -4.57. The number of benzene rings is 1. The molecule has 0 aliphatic carbocycles. The molecule has 1 aromatic carbocycles. The van der Waals surface area contributed by atoms with E-state index in [2.05, 4.69) is 4.98 Å². The van der Waals surface area contributed by atoms with E-state index in [0.717, 1.165) is 5.56 Å². The fourth-order valence-electron chi connectivity index (χ4n) is 1.53. The van der Waals surface area contributed by atoms with Crippen molar-refractivity contribution < 1.29 is 78.2 Å². The van der Waals surface area contributed by atoms with Gasteiger partial charge in [0.1, 0.15) is 12.4 Å². The van der Waals surface area contributed by atoms with Crippen LogP contribution in [-0.4, -0.2) is 4.98 Å². The maximum atomic E-state index is 10.6. The van der Waals surface area contributed by atoms with E-state index in [0.29, 0.717) is 12.4 Å². The fourth-order valence-corrected chi connectivity index (χ4v) is 2.11. The Kier molecular flexibility index (Phi) is 10.3. The van der Waals surface area contributed by atoms with Crippen molar-refractivity contribution in [3.8, 4) is 5.75 Å². The van der Waals surface area contributed by atoms with Gasteiger partial charge in [-0.2, -0.15) is 0 Å². The number of ether oxygens (including phenoxy) is 1. The van der Waals surface area contributed by atoms with E-state index in [9.17, 15) is 14.4 Å². The Morgan fingerprint density at radius 1 is 1.05 bits per heavy atom. The number of rotatable bonds is 5. The summed E-state index contributed by atoms with van der Waals surface area (Å²) in [6, 6.07) is 12.7. The van der Waals surface area contributed by atoms with Gasteiger partial charge in [-0.25, -0.2) is 0 Å². The summed E-state index contributed by atoms with van der Waals surface area (Å²) in [5.74, 6) is 0.527. The van der Waals surface area contributed by atoms with E-state index in [1.54, 1.807) is 6.07 Å². The summed E-state index contributed by atoms with van der Waals surface area (Å²) in [6.07, 6.45) is 0.833. The van der Waals surface area contributed by atoms with Gasteiger partial charge in [-0.05, 0) is 17.7 Å². The second kappa shape index (κ2) is 10.2. The summed E-state index contributed by atoms with van der Waals surface area (Å²) in [4.78, 5) is 25.1. The minimum absolute atomic E-state index is 0. The van der Waals surface area contributed by atoms with Crippen LogP contribution in [0.1, 0.15) is 11.3 Å². The Morgan fingerprint density at radius 2 is 1.71 bits per heavy atom. The van der Waals surface area contributed by atoms with Crippen LogP contribution in [0, 0.1) is 0 Å². The van der Waals surface area contributed by atoms with Crippen molar-refractivity contribution in [3.05, 3.63) is 59.9 Å². The molecule has 0 unspecified atom stereocenters. The maximum Gasteiger partial charge on any atom is 1.00 e. The molecule has 0 radical (unpaired) electrons. The molecule has 2 rings (SSSR count). The molecular formula is C13H12NNa2O4P. The molecule has 0 saturated heterocycles. The molecule has 5 nitrogen and oxygen atoms in total. The molecule has 1 heterocycles. The van der Waals surface area contributed by atoms with Gasteiger partial charge in [0.2, 0.25) is 0 Å². The summed E-state index contributed by atoms with van der Waals surface area (Å²) in [5.41, 5.74) is 1.25. The SMILES string of the molecule is O=P([O-])([O-])Cc1ccc(OCc2ccccc2)cn1.[Na+].[Na+]. The van der Waals surface area contributed by atoms with Crippen LogP contribution in [0.2, 0.25) is 0 Å². The normalized spacial score (nSPS) is 10.2. The molecule has 1 aromatic heterocycles. The van der Waals surface area contributed by atoms with E-state index < -0.39 is 13.8 Å². The standard InChI is InChI=1S/C13H14NO4P.2Na/c15-19(16,17)10-12-6-7-13(8-14-12)18-9-11-4-2-1-3-5-11;;/h1-8H,9-10H2,(H2,15,16,17);;/q;2*+1/p-2. The van der Waals surface area contributed by atoms with Crippen LogP contribution in [0.15, 0.2) is 48.7 Å². The first-order valence-electron chi connectivity index (χ1n) is 5.66. The zero-order valence-electron chi connectivity index (χ0n) is 12.1. The van der Waals surface area contributed by atoms with Gasteiger partial charge >= 0.3 is 59.1 Å². The van der Waals surface area contributed by atoms with Crippen molar-refractivity contribution in [3.63, 3.8) is 0 Å². The van der Waals surface area contributed by atoms with Gasteiger partial charge in [-0.15, -0.1) is 0 Å². The van der Waals surface area contributed by atoms with Crippen molar-refractivity contribution in [1.29, 1.82) is 0 Å². The Hall–Kier alpha value is 0.320. The van der Waals surface area contributed by atoms with Gasteiger partial charge in [0.25, 0.3) is 0 Å². The molecule has 0 amide bonds. The molecular weight excluding hydrogens is 311 g/mol. The molecule has 8 heteroatoms. The molecule has 0 spiro atoms. The quantitative estimate of drug-likeness (QED) is 0.407. The van der Waals surface area contributed by atoms with E-state index >= 15 is 0 Å². The molecule has 0 aliphatic heterocycles. The first kappa shape index (κ1) is 21.3. The topological polar surface area (TPSA) is 85.3 Å². The van der Waals surface area contributed by atoms with Crippen molar-refractivity contribution in [1.82, 2.24) is 4.98 Å². The Bertz CT molecular complexity index is 574. The molecule has 0 aliphatic rings. The molecule has 2 aromatic rings. The van der Waals surface area contributed by atoms with Crippen molar-refractivity contribution >= 4 is 7.60 Å². The van der Waals surface area contributed by atoms with Crippen molar-refractivity contribution in [2.75, 3.05) is 0 Å². The van der Waals surface area contributed by atoms with Crippen LogP contribution in [0.5, 0.6) is 5.75 Å². The Morgan fingerprint density at radius 3 is 2.24 bits per heavy atom. The predicted octanol–water partition coefficient (Wildman–Crippen LogP) is -4.92. The molecule has 0 saturated carbocycles. The second-order valence-electron chi connectivity index (χ2n) is 4.03. The molecule has 0 fully saturated rings. The van der Waals surface area contributed by atoms with Gasteiger partial charge in [0.05, 0.1) is 6.20 Å². The monoisotopic (exact) mass is 323 g/mol. The average molecular weight is 323 g/mol. The van der Waals surface area contributed by atoms with Gasteiger partial charge in [-0.1, -0.05) is 37.9 Å². The number of hydrogen-bond acceptors (Lipinski definition) is 5. The number of hydrogen-bond donors (Lipinski definition) is 0. The largest absolute Gasteiger partial charge is 1.00 e. The van der Waals surface area contributed by atoms with Crippen LogP contribution in [0.25, 0.3) is 0 Å². The molecule has 100 valence electrons. The molecule has 0 bridgehead atoms. The van der Waals surface area contributed by atoms with Crippen LogP contribution in [-0.2, 0) is 17.3 Å². The molecule has 0 atom stereocenters. The van der Waals surface area contributed by atoms with E-state index in [1.807, 2.05) is 30.3 Å². The fraction of sp³-hybridized carbons (Fsp3) is 0.154. The average Bonchev–Trinajstić information content (AvgIpc) is 2.37. The van der Waals surface area contributed by atoms with Crippen LogP contribution < -0.4 is 73.6 Å². The van der Waals surface area contributed by atoms with Gasteiger partial charge in [-0.3, -0.25) is 4.98 Å². The Balaban J connectivity index is 0.00000200. The minimum Gasteiger partial charge on any atom is -0.810 e. The molecule has 21 heavy (non-hydrogen) atoms. The van der Waals surface area contributed by atoms with Crippen LogP contribution in [0.4, 0.5) is 0 Å². The van der Waals surface area contributed by atoms with E-state index in [-0.39, 0.29) is 64.8 Å². The van der Waals surface area contributed by atoms with Gasteiger partial charge in [0.15, 0.2) is 0 Å². The zero-order valence-corrected chi connectivity index (χ0v) is 17.0. The summed E-state index contributed by atoms with van der Waals surface area (Å²) >= 11 is 0. The first-order valence-corrected chi connectivity index (χ1v) is 7.38. The maximum absolute atomic E-state index is 10.6. The third-order valence-electron chi connectivity index (χ3n) is 2.40. The zero-order chi connectivity index (χ0) is 13.7. The second-order valence-corrected chi connectivity index (χ2v) is 5.57. The van der Waals surface area contributed by atoms with Crippen LogP contribution >= 0.6 is 7.60 Å². The predicted molar refractivity (Wildman–Crippen MR) is 66.3 cm³/mol. The van der Waals surface area contributed by atoms with E-state index in [1.165, 1.54) is 12.3 Å². The summed E-state index contributed by atoms with van der Waals surface area (Å²) in [5, 5.41) is 0. The number of pyridine rings is 1. The number of nitrogens with zero attached hydrogens (tertiary/aromatic N) is 1. The third-order valence-corrected chi connectivity index (χ3v) is 3.11. The van der Waals surface area contributed by atoms with Crippen molar-refractivity contribution in [2.24, 2.45) is 0 Å². The summed E-state index contributed by atoms with van der Waals surface area (Å²) in [6.45, 7) is 0.406. The Labute approximate surface area is 167 Å². The number of aromatic nitrogens is 1. The van der Waals surface area contributed by atoms with Crippen molar-refractivity contribution in [2.45, 2.75) is 12.8 Å². The van der Waals surface area contributed by atoms with E-state index in [4.69, 9.17) is 4.74 Å². The summed E-state index contributed by atoms with van der Waals surface area (Å²) in [7, 11) is -4.57. The molecule has 0 N–H and O–H groups in total. The third kappa shape index (κ3) is 8.50. The van der Waals surface area contributed by atoms with Gasteiger partial charge in [0, 0.05) is 11.9 Å².